The van der Waals surface area contributed by atoms with Crippen LogP contribution < -0.4 is 10.2 Å². The van der Waals surface area contributed by atoms with Gasteiger partial charge in [0.15, 0.2) is 0 Å². The van der Waals surface area contributed by atoms with Crippen molar-refractivity contribution in [2.24, 2.45) is 0 Å². The van der Waals surface area contributed by atoms with Gasteiger partial charge in [-0.1, -0.05) is 11.6 Å². The summed E-state index contributed by atoms with van der Waals surface area (Å²) >= 11 is 5.87. The van der Waals surface area contributed by atoms with Gasteiger partial charge in [0.25, 0.3) is 0 Å². The summed E-state index contributed by atoms with van der Waals surface area (Å²) < 4.78 is 27.1. The monoisotopic (exact) mass is 361 g/mol. The number of fused-ring (bicyclic) bond motifs is 1. The minimum atomic E-state index is -0.974. The number of carbonyl (C=O) groups is 2. The van der Waals surface area contributed by atoms with Crippen molar-refractivity contribution >= 4 is 34.8 Å². The van der Waals surface area contributed by atoms with Crippen molar-refractivity contribution < 1.29 is 18.4 Å². The summed E-state index contributed by atoms with van der Waals surface area (Å²) in [5.74, 6) is -3.48. The maximum atomic E-state index is 13.7. The molecule has 0 unspecified atom stereocenters. The van der Waals surface area contributed by atoms with Gasteiger partial charge in [-0.3, -0.25) is 9.59 Å². The van der Waals surface area contributed by atoms with Crippen molar-refractivity contribution in [2.45, 2.75) is 6.42 Å². The molecule has 3 rings (SSSR count). The molecule has 1 N–H and O–H groups in total. The lowest BCUT2D eigenvalue weighted by Crippen LogP contribution is -2.38. The maximum Gasteiger partial charge on any atom is 0.316 e. The molecule has 0 spiro atoms. The fourth-order valence-electron chi connectivity index (χ4n) is 2.62. The summed E-state index contributed by atoms with van der Waals surface area (Å²) in [6, 6.07) is 7.80. The molecule has 126 valence electrons. The Bertz CT molecular complexity index is 940. The zero-order chi connectivity index (χ0) is 18.1. The van der Waals surface area contributed by atoms with Crippen LogP contribution in [0.3, 0.4) is 0 Å². The number of carbonyl (C=O) groups excluding carboxylic acids is 2. The quantitative estimate of drug-likeness (QED) is 0.793. The average molecular weight is 362 g/mol. The number of halogens is 3. The van der Waals surface area contributed by atoms with Gasteiger partial charge in [-0.15, -0.1) is 0 Å². The molecule has 0 aromatic heterocycles. The molecule has 1 aliphatic heterocycles. The van der Waals surface area contributed by atoms with E-state index in [1.54, 1.807) is 0 Å². The number of amides is 2. The molecule has 0 fully saturated rings. The molecular formula is C17H10ClF2N3O2. The lowest BCUT2D eigenvalue weighted by Gasteiger charge is -2.17. The largest absolute Gasteiger partial charge is 0.318 e. The Morgan fingerprint density at radius 3 is 2.68 bits per heavy atom. The van der Waals surface area contributed by atoms with Crippen LogP contribution >= 0.6 is 11.6 Å². The van der Waals surface area contributed by atoms with E-state index in [9.17, 15) is 18.4 Å². The summed E-state index contributed by atoms with van der Waals surface area (Å²) in [5.41, 5.74) is 0.706. The average Bonchev–Trinajstić information content (AvgIpc) is 2.98. The predicted molar refractivity (Wildman–Crippen MR) is 87.2 cm³/mol. The fraction of sp³-hybridized carbons (Fsp3) is 0.118. The SMILES string of the molecule is N#Cc1ccc(NC(=O)C(=O)N2CCc3c(F)cc(F)cc32)cc1Cl. The van der Waals surface area contributed by atoms with E-state index in [0.29, 0.717) is 0 Å². The van der Waals surface area contributed by atoms with Crippen LogP contribution in [0.5, 0.6) is 0 Å². The molecule has 0 radical (unpaired) electrons. The van der Waals surface area contributed by atoms with Gasteiger partial charge in [-0.2, -0.15) is 5.26 Å². The van der Waals surface area contributed by atoms with Crippen LogP contribution in [0.4, 0.5) is 20.2 Å². The number of nitriles is 1. The number of nitrogens with zero attached hydrogens (tertiary/aromatic N) is 2. The molecule has 1 heterocycles. The van der Waals surface area contributed by atoms with E-state index in [4.69, 9.17) is 16.9 Å². The van der Waals surface area contributed by atoms with Crippen molar-refractivity contribution in [3.05, 3.63) is 58.1 Å². The topological polar surface area (TPSA) is 73.2 Å². The predicted octanol–water partition coefficient (Wildman–Crippen LogP) is 3.02. The second-order valence-electron chi connectivity index (χ2n) is 5.35. The van der Waals surface area contributed by atoms with Gasteiger partial charge in [0.05, 0.1) is 16.3 Å². The lowest BCUT2D eigenvalue weighted by atomic mass is 10.1. The van der Waals surface area contributed by atoms with Crippen molar-refractivity contribution in [1.29, 1.82) is 5.26 Å². The second kappa shape index (κ2) is 6.49. The molecule has 0 saturated carbocycles. The molecule has 0 bridgehead atoms. The summed E-state index contributed by atoms with van der Waals surface area (Å²) in [6.45, 7) is 0.0795. The third-order valence-corrected chi connectivity index (χ3v) is 4.11. The van der Waals surface area contributed by atoms with E-state index in [2.05, 4.69) is 5.32 Å². The first-order chi connectivity index (χ1) is 11.9. The second-order valence-corrected chi connectivity index (χ2v) is 5.76. The van der Waals surface area contributed by atoms with E-state index in [1.807, 2.05) is 6.07 Å². The first kappa shape index (κ1) is 16.9. The molecule has 2 aromatic rings. The number of rotatable bonds is 1. The van der Waals surface area contributed by atoms with E-state index in [-0.39, 0.29) is 40.5 Å². The minimum absolute atomic E-state index is 0.0514. The van der Waals surface area contributed by atoms with Crippen LogP contribution in [-0.2, 0) is 16.0 Å². The Kier molecular flexibility index (Phi) is 4.38. The van der Waals surface area contributed by atoms with Crippen molar-refractivity contribution in [2.75, 3.05) is 16.8 Å². The number of hydrogen-bond donors (Lipinski definition) is 1. The van der Waals surface area contributed by atoms with Crippen LogP contribution in [-0.4, -0.2) is 18.4 Å². The number of benzene rings is 2. The van der Waals surface area contributed by atoms with Gasteiger partial charge >= 0.3 is 11.8 Å². The highest BCUT2D eigenvalue weighted by molar-refractivity contribution is 6.44. The molecule has 2 amide bonds. The van der Waals surface area contributed by atoms with E-state index < -0.39 is 23.4 Å². The molecule has 0 atom stereocenters. The van der Waals surface area contributed by atoms with Crippen molar-refractivity contribution in [1.82, 2.24) is 0 Å². The standard InChI is InChI=1S/C17H10ClF2N3O2/c18-13-7-11(2-1-9(13)8-21)22-16(24)17(25)23-4-3-12-14(20)5-10(19)6-15(12)23/h1-2,5-7H,3-4H2,(H,22,24). The summed E-state index contributed by atoms with van der Waals surface area (Å²) in [5, 5.41) is 11.3. The number of nitrogens with one attached hydrogen (secondary N) is 1. The van der Waals surface area contributed by atoms with Gasteiger partial charge in [-0.05, 0) is 30.7 Å². The highest BCUT2D eigenvalue weighted by Crippen LogP contribution is 2.31. The summed E-state index contributed by atoms with van der Waals surface area (Å²) in [7, 11) is 0. The van der Waals surface area contributed by atoms with Gasteiger partial charge in [-0.25, -0.2) is 8.78 Å². The smallest absolute Gasteiger partial charge is 0.316 e. The zero-order valence-corrected chi connectivity index (χ0v) is 13.4. The van der Waals surface area contributed by atoms with Crippen LogP contribution in [0.2, 0.25) is 5.02 Å². The van der Waals surface area contributed by atoms with E-state index in [0.717, 1.165) is 17.0 Å². The van der Waals surface area contributed by atoms with Crippen LogP contribution in [0.25, 0.3) is 0 Å². The van der Waals surface area contributed by atoms with Crippen LogP contribution in [0.1, 0.15) is 11.1 Å². The maximum absolute atomic E-state index is 13.7. The van der Waals surface area contributed by atoms with Crippen molar-refractivity contribution in [3.63, 3.8) is 0 Å². The Hall–Kier alpha value is -2.98. The van der Waals surface area contributed by atoms with Crippen molar-refractivity contribution in [3.8, 4) is 6.07 Å². The molecular weight excluding hydrogens is 352 g/mol. The van der Waals surface area contributed by atoms with Crippen LogP contribution in [0.15, 0.2) is 30.3 Å². The van der Waals surface area contributed by atoms with E-state index >= 15 is 0 Å². The lowest BCUT2D eigenvalue weighted by molar-refractivity contribution is -0.134. The fourth-order valence-corrected chi connectivity index (χ4v) is 2.85. The molecule has 1 aliphatic rings. The highest BCUT2D eigenvalue weighted by atomic mass is 35.5. The first-order valence-corrected chi connectivity index (χ1v) is 7.59. The molecule has 2 aromatic carbocycles. The molecule has 25 heavy (non-hydrogen) atoms. The minimum Gasteiger partial charge on any atom is -0.318 e. The Labute approximate surface area is 146 Å². The highest BCUT2D eigenvalue weighted by Gasteiger charge is 2.31. The molecule has 0 saturated heterocycles. The number of hydrogen-bond acceptors (Lipinski definition) is 3. The first-order valence-electron chi connectivity index (χ1n) is 7.21. The Balaban J connectivity index is 1.80. The normalized spacial score (nSPS) is 12.5. The Morgan fingerprint density at radius 2 is 2.00 bits per heavy atom. The molecule has 8 heteroatoms. The van der Waals surface area contributed by atoms with Gasteiger partial charge in [0.1, 0.15) is 17.7 Å². The zero-order valence-electron chi connectivity index (χ0n) is 12.6. The third-order valence-electron chi connectivity index (χ3n) is 3.80. The molecule has 0 aliphatic carbocycles. The molecule has 5 nitrogen and oxygen atoms in total. The van der Waals surface area contributed by atoms with E-state index in [1.165, 1.54) is 18.2 Å². The van der Waals surface area contributed by atoms with Crippen LogP contribution in [0, 0.1) is 23.0 Å². The third kappa shape index (κ3) is 3.16. The number of anilines is 2. The van der Waals surface area contributed by atoms with Gasteiger partial charge < -0.3 is 10.2 Å². The van der Waals surface area contributed by atoms with Gasteiger partial charge in [0, 0.05) is 23.9 Å². The summed E-state index contributed by atoms with van der Waals surface area (Å²) in [4.78, 5) is 25.5. The summed E-state index contributed by atoms with van der Waals surface area (Å²) in [6.07, 6.45) is 0.198. The van der Waals surface area contributed by atoms with Gasteiger partial charge in [0.2, 0.25) is 0 Å². The Morgan fingerprint density at radius 1 is 1.24 bits per heavy atom.